The van der Waals surface area contributed by atoms with Gasteiger partial charge in [0.25, 0.3) is 0 Å². The molecule has 0 saturated heterocycles. The summed E-state index contributed by atoms with van der Waals surface area (Å²) >= 11 is 3.23. The third-order valence-electron chi connectivity index (χ3n) is 3.39. The molecule has 0 unspecified atom stereocenters. The number of rotatable bonds is 4. The van der Waals surface area contributed by atoms with Gasteiger partial charge in [0.05, 0.1) is 5.69 Å². The molecular weight excluding hydrogens is 405 g/mol. The van der Waals surface area contributed by atoms with Crippen LogP contribution in [-0.2, 0) is 4.74 Å². The van der Waals surface area contributed by atoms with Crippen LogP contribution in [0.5, 0.6) is 5.75 Å². The van der Waals surface area contributed by atoms with Crippen molar-refractivity contribution in [1.82, 2.24) is 5.32 Å². The second-order valence-corrected chi connectivity index (χ2v) is 7.76. The van der Waals surface area contributed by atoms with Crippen molar-refractivity contribution in [3.05, 3.63) is 22.7 Å². The summed E-state index contributed by atoms with van der Waals surface area (Å²) in [7, 11) is 0. The van der Waals surface area contributed by atoms with E-state index < -0.39 is 18.1 Å². The van der Waals surface area contributed by atoms with Gasteiger partial charge in [0.1, 0.15) is 5.60 Å². The average molecular weight is 425 g/mol. The fourth-order valence-corrected chi connectivity index (χ4v) is 2.74. The minimum absolute atomic E-state index is 0.0650. The monoisotopic (exact) mass is 424 g/mol. The van der Waals surface area contributed by atoms with Crippen LogP contribution in [0.1, 0.15) is 33.6 Å². The van der Waals surface area contributed by atoms with E-state index in [2.05, 4.69) is 31.3 Å². The molecule has 0 atom stereocenters. The molecule has 1 aromatic rings. The van der Waals surface area contributed by atoms with Crippen molar-refractivity contribution in [2.45, 2.75) is 57.7 Å². The Balaban J connectivity index is 1.88. The van der Waals surface area contributed by atoms with Crippen LogP contribution in [-0.4, -0.2) is 30.1 Å². The quantitative estimate of drug-likeness (QED) is 0.727. The van der Waals surface area contributed by atoms with Crippen LogP contribution in [0.25, 0.3) is 0 Å². The molecule has 1 aliphatic carbocycles. The first-order valence-electron chi connectivity index (χ1n) is 7.72. The van der Waals surface area contributed by atoms with E-state index in [1.165, 1.54) is 18.2 Å². The molecule has 1 fully saturated rings. The molecule has 25 heavy (non-hydrogen) atoms. The number of alkyl halides is 3. The summed E-state index contributed by atoms with van der Waals surface area (Å²) < 4.78 is 47.2. The first-order valence-corrected chi connectivity index (χ1v) is 8.52. The summed E-state index contributed by atoms with van der Waals surface area (Å²) in [6, 6.07) is 4.10. The predicted octanol–water partition coefficient (Wildman–Crippen LogP) is 4.82. The molecule has 140 valence electrons. The lowest BCUT2D eigenvalue weighted by Crippen LogP contribution is -2.50. The van der Waals surface area contributed by atoms with E-state index in [1.54, 1.807) is 20.8 Å². The molecular formula is C16H20BrF3N2O3. The van der Waals surface area contributed by atoms with Crippen molar-refractivity contribution in [1.29, 1.82) is 0 Å². The average Bonchev–Trinajstić information content (AvgIpc) is 2.35. The second-order valence-electron chi connectivity index (χ2n) is 6.84. The highest BCUT2D eigenvalue weighted by atomic mass is 79.9. The van der Waals surface area contributed by atoms with Gasteiger partial charge in [-0.25, -0.2) is 4.79 Å². The van der Waals surface area contributed by atoms with Crippen LogP contribution in [0.4, 0.5) is 23.7 Å². The molecule has 1 aromatic carbocycles. The van der Waals surface area contributed by atoms with E-state index in [0.717, 1.165) is 0 Å². The van der Waals surface area contributed by atoms with E-state index in [4.69, 9.17) is 4.74 Å². The number of nitrogens with one attached hydrogen (secondary N) is 2. The van der Waals surface area contributed by atoms with Crippen LogP contribution in [0.3, 0.4) is 0 Å². The van der Waals surface area contributed by atoms with Crippen LogP contribution < -0.4 is 15.4 Å². The zero-order valence-corrected chi connectivity index (χ0v) is 15.6. The van der Waals surface area contributed by atoms with Gasteiger partial charge in [-0.2, -0.15) is 0 Å². The molecule has 9 heteroatoms. The minimum Gasteiger partial charge on any atom is -0.444 e. The minimum atomic E-state index is -4.76. The molecule has 0 aliphatic heterocycles. The molecule has 2 N–H and O–H groups in total. The Bertz CT molecular complexity index is 626. The van der Waals surface area contributed by atoms with Crippen molar-refractivity contribution >= 4 is 27.7 Å². The largest absolute Gasteiger partial charge is 0.573 e. The Morgan fingerprint density at radius 2 is 1.84 bits per heavy atom. The third kappa shape index (κ3) is 6.64. The zero-order chi connectivity index (χ0) is 18.8. The Labute approximate surface area is 152 Å². The van der Waals surface area contributed by atoms with Gasteiger partial charge in [-0.1, -0.05) is 15.9 Å². The molecule has 1 aliphatic rings. The first kappa shape index (κ1) is 19.7. The van der Waals surface area contributed by atoms with Crippen LogP contribution in [0, 0.1) is 0 Å². The highest BCUT2D eigenvalue weighted by Crippen LogP contribution is 2.35. The number of carbonyl (C=O) groups excluding carboxylic acids is 1. The molecule has 0 radical (unpaired) electrons. The highest BCUT2D eigenvalue weighted by Gasteiger charge is 2.34. The summed E-state index contributed by atoms with van der Waals surface area (Å²) in [6.45, 7) is 5.31. The molecule has 1 amide bonds. The lowest BCUT2D eigenvalue weighted by Gasteiger charge is -2.37. The van der Waals surface area contributed by atoms with Gasteiger partial charge in [-0.05, 0) is 51.8 Å². The lowest BCUT2D eigenvalue weighted by atomic mass is 9.86. The summed E-state index contributed by atoms with van der Waals surface area (Å²) in [6.07, 6.45) is -4.10. The van der Waals surface area contributed by atoms with Gasteiger partial charge in [-0.3, -0.25) is 0 Å². The van der Waals surface area contributed by atoms with Crippen LogP contribution in [0.2, 0.25) is 0 Å². The fourth-order valence-electron chi connectivity index (χ4n) is 2.38. The van der Waals surface area contributed by atoms with Gasteiger partial charge in [0.15, 0.2) is 5.75 Å². The molecule has 2 rings (SSSR count). The second kappa shape index (κ2) is 7.31. The van der Waals surface area contributed by atoms with Crippen molar-refractivity contribution in [2.75, 3.05) is 5.32 Å². The van der Waals surface area contributed by atoms with E-state index in [0.29, 0.717) is 17.3 Å². The standard InChI is InChI=1S/C16H20BrF3N2O3/c1-15(2,3)25-14(23)22-11-7-10(8-11)21-12-6-9(17)4-5-13(12)24-16(18,19)20/h4-6,10-11,21H,7-8H2,1-3H3,(H,22,23). The molecule has 0 bridgehead atoms. The fraction of sp³-hybridized carbons (Fsp3) is 0.562. The Kier molecular flexibility index (Phi) is 5.75. The maximum absolute atomic E-state index is 12.5. The maximum atomic E-state index is 12.5. The Morgan fingerprint density at radius 1 is 1.20 bits per heavy atom. The van der Waals surface area contributed by atoms with E-state index in [1.807, 2.05) is 0 Å². The highest BCUT2D eigenvalue weighted by molar-refractivity contribution is 9.10. The van der Waals surface area contributed by atoms with Crippen molar-refractivity contribution in [3.63, 3.8) is 0 Å². The number of halogens is 4. The number of anilines is 1. The van der Waals surface area contributed by atoms with Crippen molar-refractivity contribution < 1.29 is 27.4 Å². The summed E-state index contributed by atoms with van der Waals surface area (Å²) in [4.78, 5) is 11.7. The van der Waals surface area contributed by atoms with Crippen molar-refractivity contribution in [3.8, 4) is 5.75 Å². The Morgan fingerprint density at radius 3 is 2.40 bits per heavy atom. The smallest absolute Gasteiger partial charge is 0.444 e. The molecule has 5 nitrogen and oxygen atoms in total. The third-order valence-corrected chi connectivity index (χ3v) is 3.88. The zero-order valence-electron chi connectivity index (χ0n) is 14.0. The number of benzene rings is 1. The number of alkyl carbamates (subject to hydrolysis) is 1. The summed E-state index contributed by atoms with van der Waals surface area (Å²) in [5.74, 6) is -0.292. The number of hydrogen-bond acceptors (Lipinski definition) is 4. The van der Waals surface area contributed by atoms with Crippen LogP contribution >= 0.6 is 15.9 Å². The number of carbonyl (C=O) groups is 1. The van der Waals surface area contributed by atoms with E-state index >= 15 is 0 Å². The molecule has 0 heterocycles. The van der Waals surface area contributed by atoms with E-state index in [9.17, 15) is 18.0 Å². The predicted molar refractivity (Wildman–Crippen MR) is 90.6 cm³/mol. The normalized spacial score (nSPS) is 20.4. The topological polar surface area (TPSA) is 59.6 Å². The molecule has 0 aromatic heterocycles. The van der Waals surface area contributed by atoms with Crippen molar-refractivity contribution in [2.24, 2.45) is 0 Å². The van der Waals surface area contributed by atoms with Gasteiger partial charge in [0.2, 0.25) is 0 Å². The number of hydrogen-bond donors (Lipinski definition) is 2. The number of amides is 1. The van der Waals surface area contributed by atoms with Gasteiger partial charge in [0, 0.05) is 16.6 Å². The van der Waals surface area contributed by atoms with Gasteiger partial charge < -0.3 is 20.1 Å². The Hall–Kier alpha value is -1.64. The summed E-state index contributed by atoms with van der Waals surface area (Å²) in [5, 5.41) is 5.75. The molecule has 1 saturated carbocycles. The number of ether oxygens (including phenoxy) is 2. The first-order chi connectivity index (χ1) is 11.4. The van der Waals surface area contributed by atoms with Gasteiger partial charge in [-0.15, -0.1) is 13.2 Å². The lowest BCUT2D eigenvalue weighted by molar-refractivity contribution is -0.274. The van der Waals surface area contributed by atoms with Crippen LogP contribution in [0.15, 0.2) is 22.7 Å². The van der Waals surface area contributed by atoms with E-state index in [-0.39, 0.29) is 23.5 Å². The molecule has 0 spiro atoms. The SMILES string of the molecule is CC(C)(C)OC(=O)NC1CC(Nc2cc(Br)ccc2OC(F)(F)F)C1. The maximum Gasteiger partial charge on any atom is 0.573 e. The van der Waals surface area contributed by atoms with Gasteiger partial charge >= 0.3 is 12.5 Å². The summed E-state index contributed by atoms with van der Waals surface area (Å²) in [5.41, 5.74) is -0.335.